The normalized spacial score (nSPS) is 23.0. The molecule has 3 atom stereocenters. The molecule has 0 bridgehead atoms. The molecular formula is C14H17NO4S2. The molecular weight excluding hydrogens is 310 g/mol. The number of hydrogen-bond acceptors (Lipinski definition) is 5. The van der Waals surface area contributed by atoms with Crippen LogP contribution in [0.25, 0.3) is 0 Å². The molecule has 0 aliphatic carbocycles. The molecule has 1 aliphatic rings. The Kier molecular flexibility index (Phi) is 5.05. The monoisotopic (exact) mass is 327 g/mol. The van der Waals surface area contributed by atoms with Crippen LogP contribution in [0.4, 0.5) is 0 Å². The van der Waals surface area contributed by atoms with Crippen molar-refractivity contribution in [1.29, 1.82) is 0 Å². The number of thiol groups is 1. The zero-order valence-electron chi connectivity index (χ0n) is 11.5. The van der Waals surface area contributed by atoms with E-state index < -0.39 is 17.4 Å². The number of rotatable bonds is 4. The Morgan fingerprint density at radius 3 is 2.71 bits per heavy atom. The maximum absolute atomic E-state index is 12.5. The molecule has 0 aromatic heterocycles. The van der Waals surface area contributed by atoms with Crippen LogP contribution in [0.3, 0.4) is 0 Å². The van der Waals surface area contributed by atoms with Gasteiger partial charge >= 0.3 is 5.97 Å². The van der Waals surface area contributed by atoms with Crippen LogP contribution in [0.2, 0.25) is 0 Å². The molecule has 0 spiro atoms. The number of carboxylic acid groups (broad SMARTS) is 1. The van der Waals surface area contributed by atoms with Gasteiger partial charge in [-0.25, -0.2) is 4.79 Å². The molecule has 1 aromatic carbocycles. The summed E-state index contributed by atoms with van der Waals surface area (Å²) >= 11 is 5.46. The largest absolute Gasteiger partial charge is 0.508 e. The Hall–Kier alpha value is -1.34. The van der Waals surface area contributed by atoms with Gasteiger partial charge < -0.3 is 15.1 Å². The fraction of sp³-hybridized carbons (Fsp3) is 0.429. The first kappa shape index (κ1) is 16.0. The van der Waals surface area contributed by atoms with Gasteiger partial charge in [0.15, 0.2) is 0 Å². The van der Waals surface area contributed by atoms with Crippen molar-refractivity contribution in [2.45, 2.75) is 18.3 Å². The lowest BCUT2D eigenvalue weighted by molar-refractivity contribution is -0.150. The number of phenolic OH excluding ortho intramolecular Hbond substituents is 1. The highest BCUT2D eigenvalue weighted by molar-refractivity contribution is 7.99. The number of para-hydroxylation sites is 1. The SMILES string of the molecule is C[C@H](CS)C(=O)N1C(c2ccccc2O)SC[C@H]1C(=O)O. The molecule has 0 saturated carbocycles. The molecule has 1 amide bonds. The minimum atomic E-state index is -1.03. The second kappa shape index (κ2) is 6.62. The number of amides is 1. The van der Waals surface area contributed by atoms with Crippen molar-refractivity contribution in [1.82, 2.24) is 4.90 Å². The van der Waals surface area contributed by atoms with E-state index in [1.165, 1.54) is 22.7 Å². The van der Waals surface area contributed by atoms with Crippen molar-refractivity contribution in [3.8, 4) is 5.75 Å². The second-order valence-corrected chi connectivity index (χ2v) is 6.41. The molecule has 1 aromatic rings. The van der Waals surface area contributed by atoms with Crippen LogP contribution in [0, 0.1) is 5.92 Å². The minimum Gasteiger partial charge on any atom is -0.508 e. The smallest absolute Gasteiger partial charge is 0.327 e. The summed E-state index contributed by atoms with van der Waals surface area (Å²) in [6.45, 7) is 1.72. The number of phenols is 1. The van der Waals surface area contributed by atoms with E-state index in [1.807, 2.05) is 0 Å². The number of carboxylic acids is 1. The van der Waals surface area contributed by atoms with Crippen LogP contribution in [0.1, 0.15) is 17.9 Å². The molecule has 1 unspecified atom stereocenters. The predicted octanol–water partition coefficient (Wildman–Crippen LogP) is 1.99. The van der Waals surface area contributed by atoms with Crippen molar-refractivity contribution in [3.63, 3.8) is 0 Å². The molecule has 2 N–H and O–H groups in total. The lowest BCUT2D eigenvalue weighted by atomic mass is 10.1. The zero-order valence-corrected chi connectivity index (χ0v) is 13.2. The van der Waals surface area contributed by atoms with Crippen molar-refractivity contribution >= 4 is 36.3 Å². The van der Waals surface area contributed by atoms with E-state index >= 15 is 0 Å². The van der Waals surface area contributed by atoms with Gasteiger partial charge in [0.05, 0.1) is 0 Å². The van der Waals surface area contributed by atoms with Gasteiger partial charge in [-0.05, 0) is 6.07 Å². The van der Waals surface area contributed by atoms with Crippen LogP contribution in [0.5, 0.6) is 5.75 Å². The number of benzene rings is 1. The van der Waals surface area contributed by atoms with Gasteiger partial charge in [0, 0.05) is 23.0 Å². The Morgan fingerprint density at radius 1 is 1.48 bits per heavy atom. The Balaban J connectivity index is 2.38. The lowest BCUT2D eigenvalue weighted by Gasteiger charge is -2.30. The fourth-order valence-electron chi connectivity index (χ4n) is 2.23. The summed E-state index contributed by atoms with van der Waals surface area (Å²) in [5.41, 5.74) is 0.561. The summed E-state index contributed by atoms with van der Waals surface area (Å²) in [5, 5.41) is 18.8. The number of thioether (sulfide) groups is 1. The molecule has 2 rings (SSSR count). The van der Waals surface area contributed by atoms with E-state index in [-0.39, 0.29) is 17.6 Å². The number of carbonyl (C=O) groups is 2. The van der Waals surface area contributed by atoms with Gasteiger partial charge in [-0.3, -0.25) is 4.79 Å². The van der Waals surface area contributed by atoms with E-state index in [2.05, 4.69) is 12.6 Å². The van der Waals surface area contributed by atoms with E-state index in [0.29, 0.717) is 17.1 Å². The first-order chi connectivity index (χ1) is 9.97. The second-order valence-electron chi connectivity index (χ2n) is 4.93. The molecule has 1 heterocycles. The predicted molar refractivity (Wildman–Crippen MR) is 84.6 cm³/mol. The Morgan fingerprint density at radius 2 is 2.14 bits per heavy atom. The first-order valence-corrected chi connectivity index (χ1v) is 8.20. The first-order valence-electron chi connectivity index (χ1n) is 6.52. The number of aromatic hydroxyl groups is 1. The van der Waals surface area contributed by atoms with E-state index in [9.17, 15) is 19.8 Å². The number of nitrogens with zero attached hydrogens (tertiary/aromatic N) is 1. The van der Waals surface area contributed by atoms with Crippen LogP contribution < -0.4 is 0 Å². The Labute approximate surface area is 132 Å². The van der Waals surface area contributed by atoms with Crippen molar-refractivity contribution in [2.75, 3.05) is 11.5 Å². The fourth-order valence-corrected chi connectivity index (χ4v) is 3.85. The third-order valence-electron chi connectivity index (χ3n) is 3.44. The third-order valence-corrected chi connectivity index (χ3v) is 5.29. The van der Waals surface area contributed by atoms with Crippen molar-refractivity contribution in [2.24, 2.45) is 5.92 Å². The quantitative estimate of drug-likeness (QED) is 0.737. The van der Waals surface area contributed by atoms with Gasteiger partial charge in [0.2, 0.25) is 5.91 Å². The summed E-state index contributed by atoms with van der Waals surface area (Å²) in [7, 11) is 0. The molecule has 1 aliphatic heterocycles. The molecule has 0 radical (unpaired) electrons. The summed E-state index contributed by atoms with van der Waals surface area (Å²) in [6.07, 6.45) is 0. The van der Waals surface area contributed by atoms with Crippen molar-refractivity contribution < 1.29 is 19.8 Å². The summed E-state index contributed by atoms with van der Waals surface area (Å²) in [4.78, 5) is 25.3. The highest BCUT2D eigenvalue weighted by Crippen LogP contribution is 2.44. The average Bonchev–Trinajstić information content (AvgIpc) is 2.90. The maximum atomic E-state index is 12.5. The van der Waals surface area contributed by atoms with Crippen LogP contribution in [-0.4, -0.2) is 44.5 Å². The highest BCUT2D eigenvalue weighted by atomic mass is 32.2. The van der Waals surface area contributed by atoms with E-state index in [0.717, 1.165) is 0 Å². The van der Waals surface area contributed by atoms with Crippen LogP contribution in [-0.2, 0) is 9.59 Å². The molecule has 7 heteroatoms. The van der Waals surface area contributed by atoms with Crippen LogP contribution in [0.15, 0.2) is 24.3 Å². The van der Waals surface area contributed by atoms with Gasteiger partial charge in [-0.1, -0.05) is 25.1 Å². The maximum Gasteiger partial charge on any atom is 0.327 e. The number of hydrogen-bond donors (Lipinski definition) is 3. The summed E-state index contributed by atoms with van der Waals surface area (Å²) in [6, 6.07) is 5.82. The topological polar surface area (TPSA) is 77.8 Å². The van der Waals surface area contributed by atoms with Gasteiger partial charge in [-0.15, -0.1) is 11.8 Å². The lowest BCUT2D eigenvalue weighted by Crippen LogP contribution is -2.45. The zero-order chi connectivity index (χ0) is 15.6. The summed E-state index contributed by atoms with van der Waals surface area (Å²) < 4.78 is 0. The molecule has 1 saturated heterocycles. The van der Waals surface area contributed by atoms with Gasteiger partial charge in [-0.2, -0.15) is 12.6 Å². The summed E-state index contributed by atoms with van der Waals surface area (Å²) in [5.74, 6) is -0.936. The average molecular weight is 327 g/mol. The molecule has 114 valence electrons. The van der Waals surface area contributed by atoms with E-state index in [1.54, 1.807) is 25.1 Å². The number of carbonyl (C=O) groups excluding carboxylic acids is 1. The standard InChI is InChI=1S/C14H17NO4S2/c1-8(6-20)12(17)15-10(14(18)19)7-21-13(15)9-4-2-3-5-11(9)16/h2-5,8,10,13,16,20H,6-7H2,1H3,(H,18,19)/t8-,10+,13?/m1/s1. The Bertz CT molecular complexity index is 552. The molecule has 21 heavy (non-hydrogen) atoms. The van der Waals surface area contributed by atoms with Crippen LogP contribution >= 0.6 is 24.4 Å². The number of aliphatic carboxylic acids is 1. The van der Waals surface area contributed by atoms with Crippen molar-refractivity contribution in [3.05, 3.63) is 29.8 Å². The molecule has 1 fully saturated rings. The van der Waals surface area contributed by atoms with Gasteiger partial charge in [0.1, 0.15) is 17.2 Å². The third kappa shape index (κ3) is 3.13. The minimum absolute atomic E-state index is 0.0670. The highest BCUT2D eigenvalue weighted by Gasteiger charge is 2.44. The van der Waals surface area contributed by atoms with Gasteiger partial charge in [0.25, 0.3) is 0 Å². The van der Waals surface area contributed by atoms with E-state index in [4.69, 9.17) is 0 Å². The molecule has 5 nitrogen and oxygen atoms in total.